The summed E-state index contributed by atoms with van der Waals surface area (Å²) in [6, 6.07) is 5.95. The van der Waals surface area contributed by atoms with E-state index in [9.17, 15) is 0 Å². The van der Waals surface area contributed by atoms with E-state index in [0.29, 0.717) is 6.61 Å². The van der Waals surface area contributed by atoms with Crippen molar-refractivity contribution in [3.63, 3.8) is 0 Å². The first-order chi connectivity index (χ1) is 7.96. The highest BCUT2D eigenvalue weighted by molar-refractivity contribution is 5.42. The predicted octanol–water partition coefficient (Wildman–Crippen LogP) is 3.06. The first-order valence-corrected chi connectivity index (χ1v) is 5.81. The molecule has 1 rings (SSSR count). The van der Waals surface area contributed by atoms with Gasteiger partial charge in [0.1, 0.15) is 0 Å². The maximum atomic E-state index is 5.69. The van der Waals surface area contributed by atoms with Gasteiger partial charge in [0.2, 0.25) is 0 Å². The molecule has 0 aromatic heterocycles. The largest absolute Gasteiger partial charge is 0.493 e. The standard InChI is InChI=1S/C14H22O3/c1-14(2,3)17-9-8-11-6-7-12(15-4)13(10-11)16-5/h6-7,10H,8-9H2,1-5H3. The van der Waals surface area contributed by atoms with Crippen LogP contribution in [0.1, 0.15) is 26.3 Å². The average molecular weight is 238 g/mol. The summed E-state index contributed by atoms with van der Waals surface area (Å²) in [5.74, 6) is 1.52. The molecule has 0 aliphatic heterocycles. The fraction of sp³-hybridized carbons (Fsp3) is 0.571. The van der Waals surface area contributed by atoms with Crippen LogP contribution in [-0.4, -0.2) is 26.4 Å². The van der Waals surface area contributed by atoms with Gasteiger partial charge in [-0.05, 0) is 44.9 Å². The summed E-state index contributed by atoms with van der Waals surface area (Å²) in [7, 11) is 3.29. The molecule has 0 heterocycles. The topological polar surface area (TPSA) is 27.7 Å². The minimum absolute atomic E-state index is 0.0867. The molecule has 0 aliphatic rings. The Morgan fingerprint density at radius 1 is 1.00 bits per heavy atom. The van der Waals surface area contributed by atoms with Crippen LogP contribution < -0.4 is 9.47 Å². The smallest absolute Gasteiger partial charge is 0.160 e. The molecule has 0 N–H and O–H groups in total. The summed E-state index contributed by atoms with van der Waals surface area (Å²) >= 11 is 0. The Bertz CT molecular complexity index is 353. The molecule has 0 radical (unpaired) electrons. The number of methoxy groups -OCH3 is 2. The highest BCUT2D eigenvalue weighted by Gasteiger charge is 2.10. The molecule has 0 fully saturated rings. The van der Waals surface area contributed by atoms with Crippen molar-refractivity contribution in [1.29, 1.82) is 0 Å². The third kappa shape index (κ3) is 4.65. The third-order valence-corrected chi connectivity index (χ3v) is 2.37. The first kappa shape index (κ1) is 13.8. The lowest BCUT2D eigenvalue weighted by atomic mass is 10.1. The molecule has 0 amide bonds. The lowest BCUT2D eigenvalue weighted by molar-refractivity contribution is -0.000989. The summed E-state index contributed by atoms with van der Waals surface area (Å²) in [5.41, 5.74) is 1.10. The molecule has 1 aromatic carbocycles. The fourth-order valence-corrected chi connectivity index (χ4v) is 1.51. The molecule has 0 unspecified atom stereocenters. The highest BCUT2D eigenvalue weighted by atomic mass is 16.5. The van der Waals surface area contributed by atoms with Gasteiger partial charge in [-0.25, -0.2) is 0 Å². The van der Waals surface area contributed by atoms with Crippen LogP contribution in [0.5, 0.6) is 11.5 Å². The predicted molar refractivity (Wildman–Crippen MR) is 69.0 cm³/mol. The number of hydrogen-bond donors (Lipinski definition) is 0. The second-order valence-electron chi connectivity index (χ2n) is 4.90. The molecule has 96 valence electrons. The van der Waals surface area contributed by atoms with Gasteiger partial charge in [-0.1, -0.05) is 6.07 Å². The van der Waals surface area contributed by atoms with Crippen LogP contribution in [0.15, 0.2) is 18.2 Å². The number of hydrogen-bond acceptors (Lipinski definition) is 3. The minimum atomic E-state index is -0.0867. The van der Waals surface area contributed by atoms with Crippen LogP contribution in [0.3, 0.4) is 0 Å². The molecule has 0 saturated carbocycles. The van der Waals surface area contributed by atoms with Gasteiger partial charge in [0.25, 0.3) is 0 Å². The monoisotopic (exact) mass is 238 g/mol. The Hall–Kier alpha value is -1.22. The van der Waals surface area contributed by atoms with E-state index >= 15 is 0 Å². The van der Waals surface area contributed by atoms with Gasteiger partial charge in [-0.3, -0.25) is 0 Å². The van der Waals surface area contributed by atoms with Gasteiger partial charge in [-0.2, -0.15) is 0 Å². The molecule has 17 heavy (non-hydrogen) atoms. The normalized spacial score (nSPS) is 11.4. The molecule has 0 saturated heterocycles. The first-order valence-electron chi connectivity index (χ1n) is 5.81. The highest BCUT2D eigenvalue weighted by Crippen LogP contribution is 2.27. The Morgan fingerprint density at radius 2 is 1.65 bits per heavy atom. The van der Waals surface area contributed by atoms with Gasteiger partial charge in [0, 0.05) is 0 Å². The minimum Gasteiger partial charge on any atom is -0.493 e. The zero-order valence-electron chi connectivity index (χ0n) is 11.4. The van der Waals surface area contributed by atoms with Crippen LogP contribution in [0, 0.1) is 0 Å². The van der Waals surface area contributed by atoms with E-state index in [1.54, 1.807) is 14.2 Å². The number of benzene rings is 1. The van der Waals surface area contributed by atoms with E-state index < -0.39 is 0 Å². The van der Waals surface area contributed by atoms with Crippen LogP contribution in [-0.2, 0) is 11.2 Å². The van der Waals surface area contributed by atoms with Gasteiger partial charge < -0.3 is 14.2 Å². The van der Waals surface area contributed by atoms with Crippen LogP contribution in [0.25, 0.3) is 0 Å². The molecular weight excluding hydrogens is 216 g/mol. The van der Waals surface area contributed by atoms with Crippen molar-refractivity contribution in [2.75, 3.05) is 20.8 Å². The zero-order valence-corrected chi connectivity index (χ0v) is 11.4. The van der Waals surface area contributed by atoms with Crippen molar-refractivity contribution in [2.24, 2.45) is 0 Å². The summed E-state index contributed by atoms with van der Waals surface area (Å²) < 4.78 is 16.1. The summed E-state index contributed by atoms with van der Waals surface area (Å²) in [6.45, 7) is 6.88. The van der Waals surface area contributed by atoms with E-state index in [0.717, 1.165) is 17.9 Å². The molecular formula is C14H22O3. The van der Waals surface area contributed by atoms with Crippen molar-refractivity contribution in [3.05, 3.63) is 23.8 Å². The van der Waals surface area contributed by atoms with E-state index in [4.69, 9.17) is 14.2 Å². The average Bonchev–Trinajstić information content (AvgIpc) is 2.27. The summed E-state index contributed by atoms with van der Waals surface area (Å²) in [6.07, 6.45) is 0.873. The van der Waals surface area contributed by atoms with Gasteiger partial charge in [0.05, 0.1) is 26.4 Å². The Balaban J connectivity index is 2.60. The SMILES string of the molecule is COc1ccc(CCOC(C)(C)C)cc1OC. The maximum Gasteiger partial charge on any atom is 0.160 e. The number of ether oxygens (including phenoxy) is 3. The fourth-order valence-electron chi connectivity index (χ4n) is 1.51. The molecule has 3 nitrogen and oxygen atoms in total. The van der Waals surface area contributed by atoms with E-state index in [1.165, 1.54) is 5.56 Å². The Morgan fingerprint density at radius 3 is 2.18 bits per heavy atom. The quantitative estimate of drug-likeness (QED) is 0.789. The molecule has 0 spiro atoms. The van der Waals surface area contributed by atoms with E-state index in [2.05, 4.69) is 20.8 Å². The van der Waals surface area contributed by atoms with Gasteiger partial charge in [-0.15, -0.1) is 0 Å². The Kier molecular flexibility index (Phi) is 4.82. The zero-order chi connectivity index (χ0) is 12.9. The van der Waals surface area contributed by atoms with Crippen molar-refractivity contribution in [2.45, 2.75) is 32.8 Å². The van der Waals surface area contributed by atoms with E-state index in [-0.39, 0.29) is 5.60 Å². The second kappa shape index (κ2) is 5.92. The number of rotatable bonds is 5. The second-order valence-corrected chi connectivity index (χ2v) is 4.90. The van der Waals surface area contributed by atoms with Crippen LogP contribution in [0.4, 0.5) is 0 Å². The molecule has 3 heteroatoms. The molecule has 1 aromatic rings. The van der Waals surface area contributed by atoms with Gasteiger partial charge >= 0.3 is 0 Å². The summed E-state index contributed by atoms with van der Waals surface area (Å²) in [5, 5.41) is 0. The lowest BCUT2D eigenvalue weighted by Crippen LogP contribution is -2.20. The van der Waals surface area contributed by atoms with Crippen molar-refractivity contribution in [1.82, 2.24) is 0 Å². The molecule has 0 aliphatic carbocycles. The van der Waals surface area contributed by atoms with Crippen LogP contribution >= 0.6 is 0 Å². The molecule has 0 atom stereocenters. The van der Waals surface area contributed by atoms with E-state index in [1.807, 2.05) is 18.2 Å². The van der Waals surface area contributed by atoms with Crippen molar-refractivity contribution >= 4 is 0 Å². The summed E-state index contributed by atoms with van der Waals surface area (Å²) in [4.78, 5) is 0. The third-order valence-electron chi connectivity index (χ3n) is 2.37. The Labute approximate surface area is 104 Å². The van der Waals surface area contributed by atoms with Crippen molar-refractivity contribution in [3.8, 4) is 11.5 Å². The van der Waals surface area contributed by atoms with Gasteiger partial charge in [0.15, 0.2) is 11.5 Å². The van der Waals surface area contributed by atoms with Crippen LogP contribution in [0.2, 0.25) is 0 Å². The maximum absolute atomic E-state index is 5.69. The lowest BCUT2D eigenvalue weighted by Gasteiger charge is -2.19. The molecule has 0 bridgehead atoms. The van der Waals surface area contributed by atoms with Crippen molar-refractivity contribution < 1.29 is 14.2 Å².